The molecule has 0 spiro atoms. The first-order valence-corrected chi connectivity index (χ1v) is 7.02. The molecule has 0 amide bonds. The normalized spacial score (nSPS) is 10.9. The summed E-state index contributed by atoms with van der Waals surface area (Å²) in [6, 6.07) is 4.25. The fourth-order valence-corrected chi connectivity index (χ4v) is 2.71. The quantitative estimate of drug-likeness (QED) is 0.798. The molecular formula is C13H19N3S. The summed E-state index contributed by atoms with van der Waals surface area (Å²) in [5.41, 5.74) is 0. The highest BCUT2D eigenvalue weighted by molar-refractivity contribution is 7.17. The first-order chi connectivity index (χ1) is 8.36. The molecule has 0 bridgehead atoms. The van der Waals surface area contributed by atoms with E-state index in [1.807, 2.05) is 6.20 Å². The molecule has 2 heterocycles. The molecule has 0 saturated heterocycles. The van der Waals surface area contributed by atoms with Gasteiger partial charge in [0.1, 0.15) is 5.82 Å². The molecule has 0 radical (unpaired) electrons. The second-order valence-electron chi connectivity index (χ2n) is 3.90. The number of fused-ring (bicyclic) bond motifs is 1. The zero-order valence-corrected chi connectivity index (χ0v) is 11.3. The van der Waals surface area contributed by atoms with Gasteiger partial charge < -0.3 is 10.2 Å². The van der Waals surface area contributed by atoms with Crippen LogP contribution in [0.2, 0.25) is 0 Å². The fraction of sp³-hybridized carbons (Fsp3) is 0.462. The molecule has 0 aliphatic heterocycles. The predicted octanol–water partition coefficient (Wildman–Crippen LogP) is 2.73. The Morgan fingerprint density at radius 1 is 1.35 bits per heavy atom. The lowest BCUT2D eigenvalue weighted by Crippen LogP contribution is -2.32. The number of anilines is 1. The van der Waals surface area contributed by atoms with Crippen molar-refractivity contribution < 1.29 is 0 Å². The topological polar surface area (TPSA) is 28.2 Å². The summed E-state index contributed by atoms with van der Waals surface area (Å²) in [5, 5.41) is 6.76. The van der Waals surface area contributed by atoms with E-state index < -0.39 is 0 Å². The number of aromatic nitrogens is 1. The van der Waals surface area contributed by atoms with E-state index >= 15 is 0 Å². The van der Waals surface area contributed by atoms with E-state index in [9.17, 15) is 0 Å². The third kappa shape index (κ3) is 2.76. The summed E-state index contributed by atoms with van der Waals surface area (Å²) in [6.07, 6.45) is 1.91. The first kappa shape index (κ1) is 12.3. The van der Waals surface area contributed by atoms with Gasteiger partial charge in [0, 0.05) is 35.9 Å². The molecule has 0 atom stereocenters. The van der Waals surface area contributed by atoms with Crippen LogP contribution in [0, 0.1) is 0 Å². The minimum Gasteiger partial charge on any atom is -0.355 e. The first-order valence-electron chi connectivity index (χ1n) is 6.14. The molecule has 0 saturated carbocycles. The fourth-order valence-electron chi connectivity index (χ4n) is 1.94. The minimum absolute atomic E-state index is 0.993. The third-order valence-corrected chi connectivity index (χ3v) is 3.73. The van der Waals surface area contributed by atoms with Crippen LogP contribution >= 0.6 is 11.3 Å². The summed E-state index contributed by atoms with van der Waals surface area (Å²) in [6.45, 7) is 8.34. The molecule has 92 valence electrons. The van der Waals surface area contributed by atoms with Crippen molar-refractivity contribution in [2.24, 2.45) is 0 Å². The number of hydrogen-bond acceptors (Lipinski definition) is 4. The summed E-state index contributed by atoms with van der Waals surface area (Å²) in [7, 11) is 0. The Labute approximate surface area is 106 Å². The average molecular weight is 249 g/mol. The van der Waals surface area contributed by atoms with E-state index in [-0.39, 0.29) is 0 Å². The number of pyridine rings is 1. The Morgan fingerprint density at radius 2 is 2.24 bits per heavy atom. The van der Waals surface area contributed by atoms with Crippen molar-refractivity contribution in [3.63, 3.8) is 0 Å². The number of thiophene rings is 1. The number of likely N-dealkylation sites (N-methyl/N-ethyl adjacent to an activating group) is 2. The molecule has 3 nitrogen and oxygen atoms in total. The van der Waals surface area contributed by atoms with Crippen LogP contribution in [-0.4, -0.2) is 31.2 Å². The van der Waals surface area contributed by atoms with Crippen LogP contribution in [0.5, 0.6) is 0 Å². The van der Waals surface area contributed by atoms with E-state index in [1.54, 1.807) is 11.3 Å². The second kappa shape index (κ2) is 5.98. The zero-order valence-electron chi connectivity index (χ0n) is 10.4. The summed E-state index contributed by atoms with van der Waals surface area (Å²) < 4.78 is 1.32. The lowest BCUT2D eigenvalue weighted by Gasteiger charge is -2.22. The van der Waals surface area contributed by atoms with Gasteiger partial charge in [0.25, 0.3) is 0 Å². The third-order valence-electron chi connectivity index (χ3n) is 2.85. The Kier molecular flexibility index (Phi) is 4.34. The van der Waals surface area contributed by atoms with Gasteiger partial charge in [-0.15, -0.1) is 11.3 Å². The van der Waals surface area contributed by atoms with Gasteiger partial charge in [-0.1, -0.05) is 6.92 Å². The number of hydrogen-bond donors (Lipinski definition) is 1. The number of nitrogens with zero attached hydrogens (tertiary/aromatic N) is 2. The van der Waals surface area contributed by atoms with Gasteiger partial charge >= 0.3 is 0 Å². The Balaban J connectivity index is 2.20. The van der Waals surface area contributed by atoms with Crippen LogP contribution in [0.1, 0.15) is 13.8 Å². The Hall–Kier alpha value is -1.13. The minimum atomic E-state index is 0.993. The van der Waals surface area contributed by atoms with Crippen molar-refractivity contribution in [2.75, 3.05) is 31.1 Å². The van der Waals surface area contributed by atoms with Crippen LogP contribution in [0.15, 0.2) is 23.7 Å². The largest absolute Gasteiger partial charge is 0.355 e. The molecule has 2 rings (SSSR count). The maximum absolute atomic E-state index is 4.53. The molecule has 1 N–H and O–H groups in total. The Bertz CT molecular complexity index is 466. The number of rotatable bonds is 6. The van der Waals surface area contributed by atoms with Crippen molar-refractivity contribution in [1.29, 1.82) is 0 Å². The van der Waals surface area contributed by atoms with E-state index in [0.717, 1.165) is 32.0 Å². The average Bonchev–Trinajstić information content (AvgIpc) is 2.83. The van der Waals surface area contributed by atoms with Gasteiger partial charge in [0.2, 0.25) is 0 Å². The Morgan fingerprint density at radius 3 is 3.00 bits per heavy atom. The highest BCUT2D eigenvalue weighted by atomic mass is 32.1. The van der Waals surface area contributed by atoms with Gasteiger partial charge in [0.15, 0.2) is 0 Å². The summed E-state index contributed by atoms with van der Waals surface area (Å²) in [5.74, 6) is 1.11. The van der Waals surface area contributed by atoms with Crippen LogP contribution in [0.25, 0.3) is 10.1 Å². The van der Waals surface area contributed by atoms with Gasteiger partial charge in [-0.05, 0) is 31.0 Å². The lowest BCUT2D eigenvalue weighted by molar-refractivity contribution is 0.685. The smallest absolute Gasteiger partial charge is 0.137 e. The molecule has 0 aliphatic rings. The molecule has 4 heteroatoms. The van der Waals surface area contributed by atoms with E-state index in [1.165, 1.54) is 10.1 Å². The van der Waals surface area contributed by atoms with E-state index in [0.29, 0.717) is 0 Å². The molecule has 2 aromatic rings. The van der Waals surface area contributed by atoms with Crippen LogP contribution in [0.4, 0.5) is 5.82 Å². The van der Waals surface area contributed by atoms with Crippen LogP contribution in [0.3, 0.4) is 0 Å². The highest BCUT2D eigenvalue weighted by Crippen LogP contribution is 2.28. The molecular weight excluding hydrogens is 230 g/mol. The van der Waals surface area contributed by atoms with Gasteiger partial charge in [-0.3, -0.25) is 0 Å². The molecule has 0 aliphatic carbocycles. The van der Waals surface area contributed by atoms with Crippen LogP contribution < -0.4 is 10.2 Å². The molecule has 0 aromatic carbocycles. The molecule has 2 aromatic heterocycles. The second-order valence-corrected chi connectivity index (χ2v) is 4.85. The molecule has 17 heavy (non-hydrogen) atoms. The monoisotopic (exact) mass is 249 g/mol. The summed E-state index contributed by atoms with van der Waals surface area (Å²) in [4.78, 5) is 6.86. The SMILES string of the molecule is CCNCCN(CC)c1nccc2sccc12. The van der Waals surface area contributed by atoms with Crippen molar-refractivity contribution in [3.05, 3.63) is 23.7 Å². The van der Waals surface area contributed by atoms with Crippen LogP contribution in [-0.2, 0) is 0 Å². The maximum atomic E-state index is 4.53. The van der Waals surface area contributed by atoms with E-state index in [2.05, 4.69) is 46.6 Å². The van der Waals surface area contributed by atoms with Crippen molar-refractivity contribution in [3.8, 4) is 0 Å². The number of nitrogens with one attached hydrogen (secondary N) is 1. The maximum Gasteiger partial charge on any atom is 0.137 e. The van der Waals surface area contributed by atoms with Crippen molar-refractivity contribution in [1.82, 2.24) is 10.3 Å². The molecule has 0 unspecified atom stereocenters. The van der Waals surface area contributed by atoms with Gasteiger partial charge in [-0.2, -0.15) is 0 Å². The van der Waals surface area contributed by atoms with Crippen molar-refractivity contribution >= 4 is 27.2 Å². The van der Waals surface area contributed by atoms with Crippen molar-refractivity contribution in [2.45, 2.75) is 13.8 Å². The standard InChI is InChI=1S/C13H19N3S/c1-3-14-8-9-16(4-2)13-11-6-10-17-12(11)5-7-15-13/h5-7,10,14H,3-4,8-9H2,1-2H3. The summed E-state index contributed by atoms with van der Waals surface area (Å²) >= 11 is 1.78. The van der Waals surface area contributed by atoms with Gasteiger partial charge in [-0.25, -0.2) is 4.98 Å². The van der Waals surface area contributed by atoms with Gasteiger partial charge in [0.05, 0.1) is 0 Å². The lowest BCUT2D eigenvalue weighted by atomic mass is 10.3. The van der Waals surface area contributed by atoms with E-state index in [4.69, 9.17) is 0 Å². The highest BCUT2D eigenvalue weighted by Gasteiger charge is 2.09. The zero-order chi connectivity index (χ0) is 12.1. The molecule has 0 fully saturated rings. The predicted molar refractivity (Wildman–Crippen MR) is 76.1 cm³/mol.